The van der Waals surface area contributed by atoms with E-state index < -0.39 is 0 Å². The monoisotopic (exact) mass is 219 g/mol. The number of carbonyl (C=O) groups excluding carboxylic acids is 2. The Kier molecular flexibility index (Phi) is 3.28. The molecule has 0 aliphatic heterocycles. The second-order valence-corrected chi connectivity index (χ2v) is 3.30. The van der Waals surface area contributed by atoms with Crippen LogP contribution in [0.4, 0.5) is 0 Å². The number of rotatable bonds is 2. The van der Waals surface area contributed by atoms with Gasteiger partial charge in [-0.2, -0.15) is 0 Å². The Hall–Kier alpha value is 0.139. The van der Waals surface area contributed by atoms with Gasteiger partial charge in [0.2, 0.25) is 0 Å². The third kappa shape index (κ3) is 2.45. The van der Waals surface area contributed by atoms with Gasteiger partial charge in [0, 0.05) is 0 Å². The number of hydrogen-bond donors (Lipinski definition) is 0. The van der Waals surface area contributed by atoms with Crippen LogP contribution in [0, 0.1) is 0 Å². The van der Waals surface area contributed by atoms with Crippen molar-refractivity contribution < 1.29 is 9.59 Å². The molecule has 0 aromatic rings. The van der Waals surface area contributed by atoms with E-state index in [1.165, 1.54) is 13.8 Å². The Balaban J connectivity index is 3.83. The molecule has 0 saturated carbocycles. The van der Waals surface area contributed by atoms with E-state index in [0.717, 1.165) is 22.5 Å². The maximum atomic E-state index is 10.4. The van der Waals surface area contributed by atoms with Crippen LogP contribution in [0.25, 0.3) is 0 Å². The molecule has 0 saturated heterocycles. The fourth-order valence-electron chi connectivity index (χ4n) is 0.286. The van der Waals surface area contributed by atoms with Crippen molar-refractivity contribution in [2.45, 2.75) is 17.8 Å². The van der Waals surface area contributed by atoms with Crippen molar-refractivity contribution in [3.05, 3.63) is 0 Å². The van der Waals surface area contributed by atoms with E-state index in [2.05, 4.69) is 0 Å². The van der Waals surface area contributed by atoms with E-state index in [-0.39, 0.29) is 15.5 Å². The average Bonchev–Trinajstić information content (AvgIpc) is 1.64. The van der Waals surface area contributed by atoms with Crippen molar-refractivity contribution in [3.8, 4) is 0 Å². The van der Waals surface area contributed by atoms with E-state index in [4.69, 9.17) is 0 Å². The summed E-state index contributed by atoms with van der Waals surface area (Å²) in [5, 5.41) is 0. The molecule has 0 N–H and O–H groups in total. The van der Waals surface area contributed by atoms with Crippen molar-refractivity contribution in [1.29, 1.82) is 0 Å². The summed E-state index contributed by atoms with van der Waals surface area (Å²) in [6.45, 7) is 2.89. The summed E-state index contributed by atoms with van der Waals surface area (Å²) in [5.41, 5.74) is 0. The average molecular weight is 218 g/mol. The predicted octanol–water partition coefficient (Wildman–Crippen LogP) is 0.121. The molecular weight excluding hydrogens is 211 g/mol. The molecule has 0 aliphatic rings. The van der Waals surface area contributed by atoms with Gasteiger partial charge in [-0.3, -0.25) is 0 Å². The second kappa shape index (κ2) is 3.22. The first-order valence-corrected chi connectivity index (χ1v) is 3.92. The molecule has 2 nitrogen and oxygen atoms in total. The maximum absolute atomic E-state index is 10.4. The van der Waals surface area contributed by atoms with Crippen LogP contribution in [0.3, 0.4) is 0 Å². The van der Waals surface area contributed by atoms with Crippen LogP contribution in [0.2, 0.25) is 3.93 Å². The van der Waals surface area contributed by atoms with Crippen LogP contribution in [-0.2, 0) is 9.59 Å². The molecule has 0 spiro atoms. The van der Waals surface area contributed by atoms with Gasteiger partial charge in [0.25, 0.3) is 0 Å². The topological polar surface area (TPSA) is 34.1 Å². The quantitative estimate of drug-likeness (QED) is 0.487. The Morgan fingerprint density at radius 2 is 1.50 bits per heavy atom. The molecule has 0 aromatic heterocycles. The summed E-state index contributed by atoms with van der Waals surface area (Å²) in [7, 11) is 0. The molecule has 0 fully saturated rings. The van der Waals surface area contributed by atoms with Crippen LogP contribution in [0.5, 0.6) is 0 Å². The van der Waals surface area contributed by atoms with E-state index in [9.17, 15) is 9.59 Å². The molecule has 0 rings (SSSR count). The third-order valence-electron chi connectivity index (χ3n) is 0.813. The molecule has 3 radical (unpaired) electrons. The zero-order valence-corrected chi connectivity index (χ0v) is 7.75. The first kappa shape index (κ1) is 8.14. The molecule has 0 bridgehead atoms. The summed E-state index contributed by atoms with van der Waals surface area (Å²) in [5.74, 6) is -0.0357. The van der Waals surface area contributed by atoms with Gasteiger partial charge in [-0.15, -0.1) is 0 Å². The zero-order valence-electron chi connectivity index (χ0n) is 4.89. The third-order valence-corrected chi connectivity index (χ3v) is 3.13. The molecule has 0 aromatic carbocycles. The van der Waals surface area contributed by atoms with Crippen LogP contribution in [0.15, 0.2) is 0 Å². The van der Waals surface area contributed by atoms with Crippen molar-refractivity contribution >= 4 is 34.1 Å². The fourth-order valence-corrected chi connectivity index (χ4v) is 0.286. The number of ketones is 2. The normalized spacial score (nSPS) is 9.50. The second-order valence-electron chi connectivity index (χ2n) is 1.65. The first-order chi connectivity index (χ1) is 3.55. The van der Waals surface area contributed by atoms with E-state index in [1.54, 1.807) is 0 Å². The SMILES string of the molecule is CC(=O)[CH]([Sn])C(C)=O. The van der Waals surface area contributed by atoms with Gasteiger partial charge in [-0.05, 0) is 0 Å². The van der Waals surface area contributed by atoms with E-state index >= 15 is 0 Å². The summed E-state index contributed by atoms with van der Waals surface area (Å²) in [6.07, 6.45) is 0. The van der Waals surface area contributed by atoms with Gasteiger partial charge < -0.3 is 0 Å². The van der Waals surface area contributed by atoms with Crippen LogP contribution >= 0.6 is 0 Å². The molecule has 43 valence electrons. The molecule has 0 aliphatic carbocycles. The van der Waals surface area contributed by atoms with Crippen LogP contribution in [-0.4, -0.2) is 34.1 Å². The Bertz CT molecular complexity index is 106. The Morgan fingerprint density at radius 3 is 1.50 bits per heavy atom. The number of hydrogen-bond acceptors (Lipinski definition) is 2. The van der Waals surface area contributed by atoms with Crippen molar-refractivity contribution in [2.75, 3.05) is 0 Å². The summed E-state index contributed by atoms with van der Waals surface area (Å²) >= 11 is 0.996. The summed E-state index contributed by atoms with van der Waals surface area (Å²) in [4.78, 5) is 20.8. The minimum atomic E-state index is -0.317. The molecular formula is C5H7O2Sn. The van der Waals surface area contributed by atoms with Gasteiger partial charge >= 0.3 is 61.5 Å². The molecule has 0 heterocycles. The van der Waals surface area contributed by atoms with Crippen molar-refractivity contribution in [1.82, 2.24) is 0 Å². The summed E-state index contributed by atoms with van der Waals surface area (Å²) in [6, 6.07) is 0. The van der Waals surface area contributed by atoms with Crippen LogP contribution in [0.1, 0.15) is 13.8 Å². The molecule has 8 heavy (non-hydrogen) atoms. The van der Waals surface area contributed by atoms with E-state index in [1.807, 2.05) is 0 Å². The van der Waals surface area contributed by atoms with Gasteiger partial charge in [-0.25, -0.2) is 0 Å². The van der Waals surface area contributed by atoms with Crippen molar-refractivity contribution in [2.24, 2.45) is 0 Å². The van der Waals surface area contributed by atoms with Gasteiger partial charge in [-0.1, -0.05) is 0 Å². The number of carbonyl (C=O) groups is 2. The van der Waals surface area contributed by atoms with Crippen molar-refractivity contribution in [3.63, 3.8) is 0 Å². The van der Waals surface area contributed by atoms with Crippen LogP contribution < -0.4 is 0 Å². The first-order valence-electron chi connectivity index (χ1n) is 2.27. The fraction of sp³-hybridized carbons (Fsp3) is 0.600. The zero-order chi connectivity index (χ0) is 6.73. The van der Waals surface area contributed by atoms with Gasteiger partial charge in [0.15, 0.2) is 0 Å². The minimum absolute atomic E-state index is 0.0179. The Morgan fingerprint density at radius 1 is 1.25 bits per heavy atom. The van der Waals surface area contributed by atoms with E-state index in [0.29, 0.717) is 0 Å². The molecule has 0 atom stereocenters. The molecule has 3 heteroatoms. The predicted molar refractivity (Wildman–Crippen MR) is 30.9 cm³/mol. The molecule has 0 unspecified atom stereocenters. The number of Topliss-reactive ketones (excluding diaryl/α,β-unsaturated/α-hetero) is 2. The van der Waals surface area contributed by atoms with Gasteiger partial charge in [0.1, 0.15) is 0 Å². The Labute approximate surface area is 61.7 Å². The molecule has 0 amide bonds. The standard InChI is InChI=1S/C5H7O2.Sn/c1-4(6)3-5(2)7;/h3H,1-2H3;. The summed E-state index contributed by atoms with van der Waals surface area (Å²) < 4.78 is -0.317. The van der Waals surface area contributed by atoms with Gasteiger partial charge in [0.05, 0.1) is 0 Å².